The molecule has 7 heterocycles. The molecule has 1 aromatic carbocycles. The largest absolute Gasteiger partial charge is 0.338 e. The van der Waals surface area contributed by atoms with Gasteiger partial charge in [-0.15, -0.1) is 45.3 Å². The normalized spacial score (nSPS) is 12.8. The summed E-state index contributed by atoms with van der Waals surface area (Å²) in [4.78, 5) is 4.09. The molecule has 45 heavy (non-hydrogen) atoms. The van der Waals surface area contributed by atoms with Crippen molar-refractivity contribution in [3.63, 3.8) is 0 Å². The first-order chi connectivity index (χ1) is 22.1. The van der Waals surface area contributed by atoms with Crippen LogP contribution < -0.4 is 0 Å². The van der Waals surface area contributed by atoms with E-state index in [2.05, 4.69) is 47.3 Å². The molecule has 0 spiro atoms. The van der Waals surface area contributed by atoms with Crippen LogP contribution in [0.5, 0.6) is 0 Å². The Morgan fingerprint density at radius 3 is 1.60 bits per heavy atom. The second-order valence-corrected chi connectivity index (χ2v) is 15.3. The molecule has 220 valence electrons. The van der Waals surface area contributed by atoms with E-state index in [1.165, 1.54) is 43.2 Å². The summed E-state index contributed by atoms with van der Waals surface area (Å²) in [5.74, 6) is 0. The van der Waals surface area contributed by atoms with E-state index in [-0.39, 0.29) is 0 Å². The summed E-state index contributed by atoms with van der Waals surface area (Å²) in [5.41, 5.74) is 8.04. The molecule has 0 aliphatic carbocycles. The molecule has 0 atom stereocenters. The standard InChI is InChI=1S/C34H24N6S5/c1-3-9-39-23-15-21(13-19(17-35)25-7-5-11-41-25)43-33(23)27-29-30(38-45-37-29)28-32(31(27)39)40(10-4-2)24-16-22(44-34(24)28)14-20(18-36)26-8-6-12-42-26/h5-8,11-16H,3-4,9-10H2,1-2H3/b19-13+,20-14+. The van der Waals surface area contributed by atoms with Crippen LogP contribution in [0.1, 0.15) is 46.2 Å². The van der Waals surface area contributed by atoms with Crippen LogP contribution in [0.15, 0.2) is 47.2 Å². The minimum atomic E-state index is 0.684. The van der Waals surface area contributed by atoms with Gasteiger partial charge in [0.2, 0.25) is 0 Å². The number of aromatic nitrogens is 4. The fourth-order valence-corrected chi connectivity index (χ4v) is 10.5. The molecule has 0 saturated carbocycles. The summed E-state index contributed by atoms with van der Waals surface area (Å²) in [6.07, 6.45) is 6.02. The predicted molar refractivity (Wildman–Crippen MR) is 195 cm³/mol. The lowest BCUT2D eigenvalue weighted by Crippen LogP contribution is -2.01. The molecule has 0 bridgehead atoms. The molecular formula is C34H24N6S5. The number of fused-ring (bicyclic) bond motifs is 10. The molecule has 11 heteroatoms. The summed E-state index contributed by atoms with van der Waals surface area (Å²) < 4.78 is 17.1. The predicted octanol–water partition coefficient (Wildman–Crippen LogP) is 11.1. The Bertz CT molecular complexity index is 2350. The number of allylic oxidation sites excluding steroid dienone is 2. The molecule has 0 amide bonds. The van der Waals surface area contributed by atoms with Gasteiger partial charge in [0.05, 0.1) is 54.3 Å². The number of nitrogens with zero attached hydrogens (tertiary/aromatic N) is 6. The lowest BCUT2D eigenvalue weighted by Gasteiger charge is -2.11. The Kier molecular flexibility index (Phi) is 7.16. The number of nitriles is 2. The van der Waals surface area contributed by atoms with E-state index in [1.54, 1.807) is 45.3 Å². The topological polar surface area (TPSA) is 83.2 Å². The van der Waals surface area contributed by atoms with Crippen molar-refractivity contribution in [2.75, 3.05) is 0 Å². The summed E-state index contributed by atoms with van der Waals surface area (Å²) >= 11 is 7.90. The average molecular weight is 677 g/mol. The van der Waals surface area contributed by atoms with E-state index in [0.29, 0.717) is 11.1 Å². The maximum atomic E-state index is 9.94. The Balaban J connectivity index is 1.44. The summed E-state index contributed by atoms with van der Waals surface area (Å²) in [5, 5.41) is 26.2. The monoisotopic (exact) mass is 676 g/mol. The van der Waals surface area contributed by atoms with Crippen LogP contribution in [0.3, 0.4) is 0 Å². The van der Waals surface area contributed by atoms with Gasteiger partial charge in [0.15, 0.2) is 0 Å². The molecule has 7 aromatic heterocycles. The van der Waals surface area contributed by atoms with Gasteiger partial charge in [-0.3, -0.25) is 0 Å². The zero-order valence-electron chi connectivity index (χ0n) is 24.3. The van der Waals surface area contributed by atoms with Gasteiger partial charge >= 0.3 is 0 Å². The minimum absolute atomic E-state index is 0.684. The maximum Gasteiger partial charge on any atom is 0.116 e. The van der Waals surface area contributed by atoms with Crippen LogP contribution in [0.4, 0.5) is 0 Å². The van der Waals surface area contributed by atoms with Gasteiger partial charge in [-0.1, -0.05) is 26.0 Å². The molecular weight excluding hydrogens is 653 g/mol. The molecule has 8 aromatic rings. The molecule has 0 aliphatic rings. The number of hydrogen-bond acceptors (Lipinski definition) is 9. The molecule has 0 unspecified atom stereocenters. The minimum Gasteiger partial charge on any atom is -0.338 e. The Morgan fingerprint density at radius 1 is 0.756 bits per heavy atom. The van der Waals surface area contributed by atoms with E-state index >= 15 is 0 Å². The second-order valence-electron chi connectivity index (χ2n) is 10.7. The maximum absolute atomic E-state index is 9.94. The summed E-state index contributed by atoms with van der Waals surface area (Å²) in [7, 11) is 0. The van der Waals surface area contributed by atoms with Crippen molar-refractivity contribution in [2.45, 2.75) is 39.8 Å². The SMILES string of the molecule is CCCn1c2cc(/C=C(\C#N)c3cccs3)sc2c2c3nsnc3c3c4sc(/C=C(\C#N)c5cccs5)cc4n(CCC)c3c21. The van der Waals surface area contributed by atoms with E-state index in [9.17, 15) is 10.5 Å². The van der Waals surface area contributed by atoms with Crippen LogP contribution in [-0.4, -0.2) is 17.9 Å². The van der Waals surface area contributed by atoms with Crippen molar-refractivity contribution in [3.8, 4) is 12.1 Å². The van der Waals surface area contributed by atoms with Crippen molar-refractivity contribution in [2.24, 2.45) is 0 Å². The zero-order valence-corrected chi connectivity index (χ0v) is 28.4. The fourth-order valence-electron chi connectivity index (χ4n) is 6.25. The number of rotatable bonds is 8. The Hall–Kier alpha value is -4.10. The van der Waals surface area contributed by atoms with Crippen LogP contribution in [0.25, 0.3) is 76.6 Å². The summed E-state index contributed by atoms with van der Waals surface area (Å²) in [6.45, 7) is 6.19. The Labute approximate surface area is 279 Å². The highest BCUT2D eigenvalue weighted by atomic mass is 32.1. The van der Waals surface area contributed by atoms with Crippen molar-refractivity contribution >= 4 is 134 Å². The van der Waals surface area contributed by atoms with Gasteiger partial charge in [0, 0.05) is 43.4 Å². The third kappa shape index (κ3) is 4.42. The zero-order chi connectivity index (χ0) is 30.7. The van der Waals surface area contributed by atoms with Gasteiger partial charge in [0.1, 0.15) is 23.2 Å². The van der Waals surface area contributed by atoms with Crippen molar-refractivity contribution < 1.29 is 0 Å². The van der Waals surface area contributed by atoms with Crippen LogP contribution in [-0.2, 0) is 13.1 Å². The summed E-state index contributed by atoms with van der Waals surface area (Å²) in [6, 6.07) is 17.3. The third-order valence-electron chi connectivity index (χ3n) is 7.98. The van der Waals surface area contributed by atoms with Crippen molar-refractivity contribution in [3.05, 3.63) is 66.7 Å². The number of hydrogen-bond donors (Lipinski definition) is 0. The van der Waals surface area contributed by atoms with Crippen molar-refractivity contribution in [1.82, 2.24) is 17.9 Å². The Morgan fingerprint density at radius 2 is 1.22 bits per heavy atom. The lowest BCUT2D eigenvalue weighted by molar-refractivity contribution is 0.711. The smallest absolute Gasteiger partial charge is 0.116 e. The van der Waals surface area contributed by atoms with E-state index in [0.717, 1.165) is 67.2 Å². The first-order valence-corrected chi connectivity index (χ1v) is 18.7. The number of benzene rings is 1. The highest BCUT2D eigenvalue weighted by Gasteiger charge is 2.27. The van der Waals surface area contributed by atoms with Gasteiger partial charge in [-0.05, 0) is 60.0 Å². The molecule has 8 rings (SSSR count). The molecule has 0 radical (unpaired) electrons. The van der Waals surface area contributed by atoms with E-state index in [4.69, 9.17) is 8.75 Å². The quantitative estimate of drug-likeness (QED) is 0.150. The van der Waals surface area contributed by atoms with Gasteiger partial charge in [-0.25, -0.2) is 0 Å². The molecule has 0 N–H and O–H groups in total. The lowest BCUT2D eigenvalue weighted by atomic mass is 10.1. The molecule has 0 saturated heterocycles. The number of thiophene rings is 4. The van der Waals surface area contributed by atoms with Gasteiger partial charge in [0.25, 0.3) is 0 Å². The van der Waals surface area contributed by atoms with Gasteiger partial charge < -0.3 is 9.13 Å². The fraction of sp³-hybridized carbons (Fsp3) is 0.176. The molecule has 0 fully saturated rings. The highest BCUT2D eigenvalue weighted by molar-refractivity contribution is 7.22. The highest BCUT2D eigenvalue weighted by Crippen LogP contribution is 2.48. The van der Waals surface area contributed by atoms with Crippen LogP contribution in [0, 0.1) is 22.7 Å². The second kappa shape index (κ2) is 11.4. The van der Waals surface area contributed by atoms with Crippen molar-refractivity contribution in [1.29, 1.82) is 10.5 Å². The van der Waals surface area contributed by atoms with E-state index in [1.807, 2.05) is 47.2 Å². The molecule has 6 nitrogen and oxygen atoms in total. The first-order valence-electron chi connectivity index (χ1n) is 14.6. The van der Waals surface area contributed by atoms with E-state index < -0.39 is 0 Å². The van der Waals surface area contributed by atoms with Gasteiger partial charge in [-0.2, -0.15) is 19.3 Å². The average Bonchev–Trinajstić information content (AvgIpc) is 3.88. The van der Waals surface area contributed by atoms with Crippen LogP contribution >= 0.6 is 57.1 Å². The third-order valence-corrected chi connectivity index (χ3v) is 12.5. The number of aryl methyl sites for hydroxylation is 2. The molecule has 0 aliphatic heterocycles. The van der Waals surface area contributed by atoms with Crippen LogP contribution in [0.2, 0.25) is 0 Å². The first kappa shape index (κ1) is 28.4.